The van der Waals surface area contributed by atoms with E-state index in [0.717, 1.165) is 0 Å². The number of aryl methyl sites for hydroxylation is 1. The molecule has 86 valence electrons. The Kier molecular flexibility index (Phi) is 5.35. The van der Waals surface area contributed by atoms with Crippen molar-refractivity contribution in [2.24, 2.45) is 0 Å². The van der Waals surface area contributed by atoms with E-state index < -0.39 is 12.1 Å². The highest BCUT2D eigenvalue weighted by Gasteiger charge is 2.38. The maximum atomic E-state index is 11.5. The monoisotopic (exact) mass is 228 g/mol. The number of imidazole rings is 1. The van der Waals surface area contributed by atoms with Crippen LogP contribution in [0.1, 0.15) is 0 Å². The predicted molar refractivity (Wildman–Crippen MR) is 41.9 cm³/mol. The molecule has 1 aromatic rings. The van der Waals surface area contributed by atoms with Crippen molar-refractivity contribution < 1.29 is 27.5 Å². The van der Waals surface area contributed by atoms with E-state index in [0.29, 0.717) is 6.54 Å². The third-order valence-electron chi connectivity index (χ3n) is 1.14. The van der Waals surface area contributed by atoms with E-state index in [1.54, 1.807) is 23.3 Å². The van der Waals surface area contributed by atoms with Gasteiger partial charge in [-0.2, -0.15) is 13.2 Å². The van der Waals surface area contributed by atoms with Crippen molar-refractivity contribution in [3.05, 3.63) is 18.7 Å². The molecule has 8 heteroatoms. The van der Waals surface area contributed by atoms with Crippen molar-refractivity contribution in [1.29, 1.82) is 0 Å². The molecule has 0 radical (unpaired) electrons. The Morgan fingerprint density at radius 2 is 2.00 bits per heavy atom. The van der Waals surface area contributed by atoms with Crippen molar-refractivity contribution in [1.82, 2.24) is 9.55 Å². The van der Waals surface area contributed by atoms with Gasteiger partial charge in [-0.15, -0.1) is 0 Å². The SMILES string of the molecule is FCCn1ccnc1.O=C(O)C(F)(F)F. The molecular formula is C7H8F4N2O2. The molecule has 0 saturated heterocycles. The summed E-state index contributed by atoms with van der Waals surface area (Å²) in [5.41, 5.74) is 0. The fourth-order valence-electron chi connectivity index (χ4n) is 0.517. The van der Waals surface area contributed by atoms with Gasteiger partial charge in [0.05, 0.1) is 12.9 Å². The first kappa shape index (κ1) is 13.4. The van der Waals surface area contributed by atoms with Crippen molar-refractivity contribution >= 4 is 5.97 Å². The lowest BCUT2D eigenvalue weighted by atomic mass is 10.7. The fourth-order valence-corrected chi connectivity index (χ4v) is 0.517. The highest BCUT2D eigenvalue weighted by Crippen LogP contribution is 2.13. The minimum atomic E-state index is -5.08. The molecule has 0 saturated carbocycles. The van der Waals surface area contributed by atoms with Crippen molar-refractivity contribution in [3.63, 3.8) is 0 Å². The average molecular weight is 228 g/mol. The summed E-state index contributed by atoms with van der Waals surface area (Å²) in [6.45, 7) is 0.0936. The lowest BCUT2D eigenvalue weighted by Crippen LogP contribution is -2.21. The number of rotatable bonds is 2. The molecule has 0 atom stereocenters. The van der Waals surface area contributed by atoms with Crippen LogP contribution in [-0.4, -0.2) is 33.5 Å². The summed E-state index contributed by atoms with van der Waals surface area (Å²) in [5, 5.41) is 7.12. The second kappa shape index (κ2) is 5.99. The zero-order valence-electron chi connectivity index (χ0n) is 7.41. The van der Waals surface area contributed by atoms with E-state index in [1.165, 1.54) is 0 Å². The van der Waals surface area contributed by atoms with E-state index in [4.69, 9.17) is 9.90 Å². The highest BCUT2D eigenvalue weighted by molar-refractivity contribution is 5.73. The number of nitrogens with zero attached hydrogens (tertiary/aromatic N) is 2. The number of halogens is 4. The second-order valence-corrected chi connectivity index (χ2v) is 2.29. The summed E-state index contributed by atoms with van der Waals surface area (Å²) in [6.07, 6.45) is -0.116. The number of carboxylic acid groups (broad SMARTS) is 1. The molecule has 0 aliphatic carbocycles. The normalized spacial score (nSPS) is 10.4. The van der Waals surface area contributed by atoms with Gasteiger partial charge in [-0.05, 0) is 0 Å². The number of alkyl halides is 4. The Morgan fingerprint density at radius 3 is 2.27 bits per heavy atom. The van der Waals surface area contributed by atoms with Crippen LogP contribution in [0.15, 0.2) is 18.7 Å². The van der Waals surface area contributed by atoms with Crippen molar-refractivity contribution in [2.45, 2.75) is 12.7 Å². The maximum Gasteiger partial charge on any atom is 0.490 e. The number of carboxylic acids is 1. The largest absolute Gasteiger partial charge is 0.490 e. The average Bonchev–Trinajstić information content (AvgIpc) is 2.57. The van der Waals surface area contributed by atoms with Gasteiger partial charge in [-0.3, -0.25) is 0 Å². The second-order valence-electron chi connectivity index (χ2n) is 2.29. The molecule has 15 heavy (non-hydrogen) atoms. The third-order valence-corrected chi connectivity index (χ3v) is 1.14. The molecule has 1 aromatic heterocycles. The predicted octanol–water partition coefficient (Wildman–Crippen LogP) is 1.49. The summed E-state index contributed by atoms with van der Waals surface area (Å²) in [5.74, 6) is -2.76. The molecule has 1 rings (SSSR count). The van der Waals surface area contributed by atoms with Crippen molar-refractivity contribution in [3.8, 4) is 0 Å². The van der Waals surface area contributed by atoms with Crippen LogP contribution in [0.4, 0.5) is 17.6 Å². The molecule has 0 aliphatic heterocycles. The topological polar surface area (TPSA) is 55.1 Å². The smallest absolute Gasteiger partial charge is 0.475 e. The van der Waals surface area contributed by atoms with Gasteiger partial charge in [0.2, 0.25) is 0 Å². The molecule has 0 bridgehead atoms. The Morgan fingerprint density at radius 1 is 1.47 bits per heavy atom. The number of aliphatic carboxylic acids is 1. The zero-order valence-corrected chi connectivity index (χ0v) is 7.41. The molecule has 1 N–H and O–H groups in total. The molecule has 0 spiro atoms. The van der Waals surface area contributed by atoms with Crippen LogP contribution in [0.25, 0.3) is 0 Å². The zero-order chi connectivity index (χ0) is 11.9. The summed E-state index contributed by atoms with van der Waals surface area (Å²) in [6, 6.07) is 0. The minimum absolute atomic E-state index is 0.323. The van der Waals surface area contributed by atoms with E-state index in [2.05, 4.69) is 4.98 Å². The summed E-state index contributed by atoms with van der Waals surface area (Å²) < 4.78 is 44.9. The van der Waals surface area contributed by atoms with Gasteiger partial charge in [0.15, 0.2) is 0 Å². The molecular weight excluding hydrogens is 220 g/mol. The Labute approximate surface area is 82.2 Å². The molecule has 0 fully saturated rings. The Bertz CT molecular complexity index is 284. The van der Waals surface area contributed by atoms with Gasteiger partial charge in [-0.1, -0.05) is 0 Å². The Balaban J connectivity index is 0.000000265. The highest BCUT2D eigenvalue weighted by atomic mass is 19.4. The van der Waals surface area contributed by atoms with Crippen LogP contribution in [0, 0.1) is 0 Å². The summed E-state index contributed by atoms with van der Waals surface area (Å²) in [7, 11) is 0. The number of hydrogen-bond donors (Lipinski definition) is 1. The van der Waals surface area contributed by atoms with E-state index in [9.17, 15) is 17.6 Å². The molecule has 1 heterocycles. The third kappa shape index (κ3) is 6.47. The molecule has 0 unspecified atom stereocenters. The summed E-state index contributed by atoms with van der Waals surface area (Å²) in [4.78, 5) is 12.6. The lowest BCUT2D eigenvalue weighted by molar-refractivity contribution is -0.192. The molecule has 4 nitrogen and oxygen atoms in total. The Hall–Kier alpha value is -1.60. The number of hydrogen-bond acceptors (Lipinski definition) is 2. The minimum Gasteiger partial charge on any atom is -0.475 e. The first-order valence-electron chi connectivity index (χ1n) is 3.69. The first-order chi connectivity index (χ1) is 6.88. The van der Waals surface area contributed by atoms with Crippen molar-refractivity contribution in [2.75, 3.05) is 6.67 Å². The number of carbonyl (C=O) groups is 1. The van der Waals surface area contributed by atoms with Crippen LogP contribution >= 0.6 is 0 Å². The van der Waals surface area contributed by atoms with Crippen LogP contribution in [0.5, 0.6) is 0 Å². The molecule has 0 aromatic carbocycles. The first-order valence-corrected chi connectivity index (χ1v) is 3.69. The van der Waals surface area contributed by atoms with Gasteiger partial charge in [0, 0.05) is 12.4 Å². The fraction of sp³-hybridized carbons (Fsp3) is 0.429. The van der Waals surface area contributed by atoms with E-state index in [-0.39, 0.29) is 6.67 Å². The van der Waals surface area contributed by atoms with Crippen LogP contribution in [0.2, 0.25) is 0 Å². The molecule has 0 aliphatic rings. The molecule has 0 amide bonds. The maximum absolute atomic E-state index is 11.5. The lowest BCUT2D eigenvalue weighted by Gasteiger charge is -1.93. The summed E-state index contributed by atoms with van der Waals surface area (Å²) >= 11 is 0. The van der Waals surface area contributed by atoms with Gasteiger partial charge in [0.25, 0.3) is 0 Å². The van der Waals surface area contributed by atoms with Crippen LogP contribution in [0.3, 0.4) is 0 Å². The van der Waals surface area contributed by atoms with Gasteiger partial charge < -0.3 is 9.67 Å². The van der Waals surface area contributed by atoms with Gasteiger partial charge >= 0.3 is 12.1 Å². The van der Waals surface area contributed by atoms with Crippen LogP contribution in [-0.2, 0) is 11.3 Å². The van der Waals surface area contributed by atoms with Gasteiger partial charge in [-0.25, -0.2) is 14.2 Å². The number of aromatic nitrogens is 2. The van der Waals surface area contributed by atoms with E-state index >= 15 is 0 Å². The standard InChI is InChI=1S/C5H7FN2.C2HF3O2/c6-1-3-8-4-2-7-5-8;3-2(4,5)1(6)7/h2,4-5H,1,3H2;(H,6,7). The van der Waals surface area contributed by atoms with E-state index in [1.807, 2.05) is 0 Å². The van der Waals surface area contributed by atoms with Gasteiger partial charge in [0.1, 0.15) is 6.67 Å². The van der Waals surface area contributed by atoms with Crippen LogP contribution < -0.4 is 0 Å². The quantitative estimate of drug-likeness (QED) is 0.780.